The second-order valence-corrected chi connectivity index (χ2v) is 11.2. The van der Waals surface area contributed by atoms with Gasteiger partial charge in [-0.05, 0) is 76.0 Å². The fraction of sp³-hybridized carbons (Fsp3) is 0.692. The van der Waals surface area contributed by atoms with Gasteiger partial charge in [0.05, 0.1) is 16.6 Å². The zero-order valence-corrected chi connectivity index (χ0v) is 20.0. The molecule has 1 aliphatic rings. The van der Waals surface area contributed by atoms with Crippen molar-refractivity contribution in [2.75, 3.05) is 0 Å². The molecule has 0 unspecified atom stereocenters. The van der Waals surface area contributed by atoms with Crippen LogP contribution in [0.2, 0.25) is 0 Å². The lowest BCUT2D eigenvalue weighted by Gasteiger charge is -2.41. The SMILES string of the molecule is C[C@H](C(=O)CCCCc1nc2ccc(C(C)(C)O)cc2n1C1(C)CCC1)C(C)(C)C. The second-order valence-electron chi connectivity index (χ2n) is 11.2. The van der Waals surface area contributed by atoms with Gasteiger partial charge in [-0.15, -0.1) is 0 Å². The Kier molecular flexibility index (Phi) is 6.21. The highest BCUT2D eigenvalue weighted by molar-refractivity contribution is 5.81. The summed E-state index contributed by atoms with van der Waals surface area (Å²) in [7, 11) is 0. The van der Waals surface area contributed by atoms with Crippen molar-refractivity contribution in [1.82, 2.24) is 9.55 Å². The summed E-state index contributed by atoms with van der Waals surface area (Å²) in [4.78, 5) is 17.5. The van der Waals surface area contributed by atoms with Gasteiger partial charge in [-0.1, -0.05) is 33.8 Å². The number of aromatic nitrogens is 2. The third-order valence-electron chi connectivity index (χ3n) is 7.26. The molecule has 1 atom stereocenters. The van der Waals surface area contributed by atoms with Gasteiger partial charge < -0.3 is 9.67 Å². The van der Waals surface area contributed by atoms with Crippen LogP contribution in [0.4, 0.5) is 0 Å². The molecule has 0 bridgehead atoms. The van der Waals surface area contributed by atoms with E-state index in [4.69, 9.17) is 4.98 Å². The first-order valence-corrected chi connectivity index (χ1v) is 11.6. The van der Waals surface area contributed by atoms with E-state index in [1.165, 1.54) is 19.3 Å². The predicted octanol–water partition coefficient (Wildman–Crippen LogP) is 6.13. The van der Waals surface area contributed by atoms with Gasteiger partial charge >= 0.3 is 0 Å². The van der Waals surface area contributed by atoms with E-state index in [0.29, 0.717) is 12.2 Å². The minimum atomic E-state index is -0.867. The standard InChI is InChI=1S/C26H40N2O2/c1-18(24(2,3)4)22(29)11-8-9-12-23-27-20-14-13-19(25(5,6)30)17-21(20)28(23)26(7)15-10-16-26/h13-14,17-18,30H,8-12,15-16H2,1-7H3/t18-/m1/s1. The number of hydrogen-bond acceptors (Lipinski definition) is 3. The van der Waals surface area contributed by atoms with Crippen molar-refractivity contribution in [3.63, 3.8) is 0 Å². The number of imidazole rings is 1. The molecule has 1 N–H and O–H groups in total. The van der Waals surface area contributed by atoms with Crippen molar-refractivity contribution in [3.8, 4) is 0 Å². The average molecular weight is 413 g/mol. The second kappa shape index (κ2) is 8.11. The quantitative estimate of drug-likeness (QED) is 0.531. The van der Waals surface area contributed by atoms with Crippen LogP contribution in [0.5, 0.6) is 0 Å². The number of aliphatic hydroxyl groups is 1. The Morgan fingerprint density at radius 2 is 1.87 bits per heavy atom. The molecule has 0 radical (unpaired) electrons. The highest BCUT2D eigenvalue weighted by Crippen LogP contribution is 2.42. The third kappa shape index (κ3) is 4.64. The lowest BCUT2D eigenvalue weighted by atomic mass is 9.77. The molecule has 0 amide bonds. The number of fused-ring (bicyclic) bond motifs is 1. The Hall–Kier alpha value is -1.68. The van der Waals surface area contributed by atoms with Crippen molar-refractivity contribution in [2.24, 2.45) is 11.3 Å². The van der Waals surface area contributed by atoms with E-state index in [0.717, 1.165) is 41.7 Å². The zero-order valence-electron chi connectivity index (χ0n) is 20.0. The molecule has 1 aromatic heterocycles. The first-order valence-electron chi connectivity index (χ1n) is 11.6. The molecular weight excluding hydrogens is 372 g/mol. The number of benzene rings is 1. The van der Waals surface area contributed by atoms with Crippen LogP contribution < -0.4 is 0 Å². The summed E-state index contributed by atoms with van der Waals surface area (Å²) in [5.41, 5.74) is 2.33. The monoisotopic (exact) mass is 412 g/mol. The van der Waals surface area contributed by atoms with Crippen molar-refractivity contribution >= 4 is 16.8 Å². The van der Waals surface area contributed by atoms with Crippen LogP contribution in [-0.2, 0) is 22.4 Å². The smallest absolute Gasteiger partial charge is 0.136 e. The first kappa shape index (κ1) is 23.0. The fourth-order valence-electron chi connectivity index (χ4n) is 4.47. The molecule has 1 aliphatic carbocycles. The molecule has 1 heterocycles. The summed E-state index contributed by atoms with van der Waals surface area (Å²) in [6.07, 6.45) is 7.01. The molecule has 0 spiro atoms. The number of nitrogens with zero attached hydrogens (tertiary/aromatic N) is 2. The molecule has 1 saturated carbocycles. The molecule has 3 rings (SSSR count). The maximum absolute atomic E-state index is 12.5. The Balaban J connectivity index is 1.79. The molecule has 2 aromatic rings. The summed E-state index contributed by atoms with van der Waals surface area (Å²) < 4.78 is 2.43. The van der Waals surface area contributed by atoms with Gasteiger partial charge in [-0.2, -0.15) is 0 Å². The van der Waals surface area contributed by atoms with Gasteiger partial charge in [0.25, 0.3) is 0 Å². The molecule has 4 heteroatoms. The number of carbonyl (C=O) groups excluding carboxylic acids is 1. The van der Waals surface area contributed by atoms with Gasteiger partial charge in [0.2, 0.25) is 0 Å². The number of hydrogen-bond donors (Lipinski definition) is 1. The summed E-state index contributed by atoms with van der Waals surface area (Å²) >= 11 is 0. The Morgan fingerprint density at radius 1 is 1.20 bits per heavy atom. The molecule has 0 saturated heterocycles. The number of aryl methyl sites for hydroxylation is 1. The van der Waals surface area contributed by atoms with Crippen molar-refractivity contribution in [2.45, 2.75) is 105 Å². The summed E-state index contributed by atoms with van der Waals surface area (Å²) in [5.74, 6) is 1.59. The van der Waals surface area contributed by atoms with Crippen molar-refractivity contribution in [1.29, 1.82) is 0 Å². The van der Waals surface area contributed by atoms with E-state index in [-0.39, 0.29) is 16.9 Å². The van der Waals surface area contributed by atoms with Crippen molar-refractivity contribution in [3.05, 3.63) is 29.6 Å². The molecule has 166 valence electrons. The molecule has 1 fully saturated rings. The van der Waals surface area contributed by atoms with E-state index in [1.54, 1.807) is 0 Å². The van der Waals surface area contributed by atoms with E-state index in [2.05, 4.69) is 45.3 Å². The van der Waals surface area contributed by atoms with Gasteiger partial charge in [0.1, 0.15) is 11.6 Å². The van der Waals surface area contributed by atoms with Gasteiger partial charge in [-0.3, -0.25) is 4.79 Å². The van der Waals surface area contributed by atoms with Crippen LogP contribution in [0.1, 0.15) is 98.4 Å². The maximum Gasteiger partial charge on any atom is 0.136 e. The normalized spacial score (nSPS) is 17.7. The minimum Gasteiger partial charge on any atom is -0.386 e. The number of Topliss-reactive ketones (excluding diaryl/α,β-unsaturated/α-hetero) is 1. The number of ketones is 1. The lowest BCUT2D eigenvalue weighted by molar-refractivity contribution is -0.125. The average Bonchev–Trinajstić information content (AvgIpc) is 2.98. The van der Waals surface area contributed by atoms with E-state index < -0.39 is 5.60 Å². The fourth-order valence-corrected chi connectivity index (χ4v) is 4.47. The molecule has 1 aromatic carbocycles. The molecule has 0 aliphatic heterocycles. The third-order valence-corrected chi connectivity index (χ3v) is 7.26. The highest BCUT2D eigenvalue weighted by Gasteiger charge is 2.37. The number of rotatable bonds is 8. The van der Waals surface area contributed by atoms with Crippen LogP contribution in [0.3, 0.4) is 0 Å². The van der Waals surface area contributed by atoms with E-state index in [9.17, 15) is 9.90 Å². The molecule has 4 nitrogen and oxygen atoms in total. The molecular formula is C26H40N2O2. The van der Waals surface area contributed by atoms with E-state index >= 15 is 0 Å². The van der Waals surface area contributed by atoms with Crippen LogP contribution in [0.25, 0.3) is 11.0 Å². The van der Waals surface area contributed by atoms with Gasteiger partial charge in [0, 0.05) is 24.3 Å². The van der Waals surface area contributed by atoms with Gasteiger partial charge in [0.15, 0.2) is 0 Å². The predicted molar refractivity (Wildman–Crippen MR) is 124 cm³/mol. The van der Waals surface area contributed by atoms with Crippen LogP contribution in [-0.4, -0.2) is 20.4 Å². The highest BCUT2D eigenvalue weighted by atomic mass is 16.3. The number of unbranched alkanes of at least 4 members (excludes halogenated alkanes) is 1. The maximum atomic E-state index is 12.5. The van der Waals surface area contributed by atoms with Crippen LogP contribution >= 0.6 is 0 Å². The topological polar surface area (TPSA) is 55.1 Å². The van der Waals surface area contributed by atoms with Crippen LogP contribution in [0.15, 0.2) is 18.2 Å². The minimum absolute atomic E-state index is 0.0298. The van der Waals surface area contributed by atoms with E-state index in [1.807, 2.05) is 26.0 Å². The Morgan fingerprint density at radius 3 is 2.40 bits per heavy atom. The van der Waals surface area contributed by atoms with Crippen LogP contribution in [0, 0.1) is 11.3 Å². The first-order chi connectivity index (χ1) is 13.8. The summed E-state index contributed by atoms with van der Waals surface area (Å²) in [6.45, 7) is 14.5. The summed E-state index contributed by atoms with van der Waals surface area (Å²) in [5, 5.41) is 10.5. The Bertz CT molecular complexity index is 907. The van der Waals surface area contributed by atoms with Gasteiger partial charge in [-0.25, -0.2) is 4.98 Å². The molecule has 30 heavy (non-hydrogen) atoms. The zero-order chi connectivity index (χ0) is 22.3. The summed E-state index contributed by atoms with van der Waals surface area (Å²) in [6, 6.07) is 6.14. The number of carbonyl (C=O) groups is 1. The van der Waals surface area contributed by atoms with Crippen molar-refractivity contribution < 1.29 is 9.90 Å². The largest absolute Gasteiger partial charge is 0.386 e. The Labute approximate surface area is 182 Å². The lowest BCUT2D eigenvalue weighted by Crippen LogP contribution is -2.38.